The fraction of sp³-hybridized carbons (Fsp3) is 0.781. The molecular formula is C32H58O2. The minimum atomic E-state index is 0.00393. The Morgan fingerprint density at radius 1 is 0.529 bits per heavy atom. The molecule has 0 unspecified atom stereocenters. The highest BCUT2D eigenvalue weighted by Gasteiger charge is 2.02. The number of esters is 1. The number of hydrogen-bond acceptors (Lipinski definition) is 2. The normalized spacial score (nSPS) is 11.9. The highest BCUT2D eigenvalue weighted by atomic mass is 16.5. The van der Waals surface area contributed by atoms with Crippen molar-refractivity contribution in [3.05, 3.63) is 36.5 Å². The Kier molecular flexibility index (Phi) is 28.6. The Bertz CT molecular complexity index is 489. The van der Waals surface area contributed by atoms with Crippen molar-refractivity contribution in [2.75, 3.05) is 6.61 Å². The van der Waals surface area contributed by atoms with Crippen LogP contribution < -0.4 is 0 Å². The van der Waals surface area contributed by atoms with E-state index in [2.05, 4.69) is 50.3 Å². The van der Waals surface area contributed by atoms with E-state index in [1.165, 1.54) is 96.3 Å². The van der Waals surface area contributed by atoms with E-state index in [9.17, 15) is 4.79 Å². The Morgan fingerprint density at radius 2 is 1.00 bits per heavy atom. The van der Waals surface area contributed by atoms with Crippen LogP contribution in [0, 0.1) is 0 Å². The average Bonchev–Trinajstić information content (AvgIpc) is 2.84. The van der Waals surface area contributed by atoms with Crippen LogP contribution in [-0.2, 0) is 9.53 Å². The van der Waals surface area contributed by atoms with Gasteiger partial charge in [0, 0.05) is 6.42 Å². The maximum absolute atomic E-state index is 11.8. The van der Waals surface area contributed by atoms with Gasteiger partial charge in [-0.1, -0.05) is 140 Å². The van der Waals surface area contributed by atoms with Crippen molar-refractivity contribution in [1.82, 2.24) is 0 Å². The van der Waals surface area contributed by atoms with Crippen molar-refractivity contribution in [2.24, 2.45) is 0 Å². The Hall–Kier alpha value is -1.31. The van der Waals surface area contributed by atoms with Gasteiger partial charge < -0.3 is 4.74 Å². The van der Waals surface area contributed by atoms with E-state index >= 15 is 0 Å². The van der Waals surface area contributed by atoms with Crippen LogP contribution >= 0.6 is 0 Å². The minimum Gasteiger partial charge on any atom is -0.466 e. The summed E-state index contributed by atoms with van der Waals surface area (Å²) in [7, 11) is 0. The first-order chi connectivity index (χ1) is 16.8. The summed E-state index contributed by atoms with van der Waals surface area (Å²) in [6, 6.07) is 0. The van der Waals surface area contributed by atoms with Crippen LogP contribution in [-0.4, -0.2) is 12.6 Å². The molecule has 0 fully saturated rings. The van der Waals surface area contributed by atoms with Gasteiger partial charge in [-0.05, 0) is 44.9 Å². The van der Waals surface area contributed by atoms with Crippen LogP contribution in [0.5, 0.6) is 0 Å². The molecule has 0 aliphatic heterocycles. The van der Waals surface area contributed by atoms with E-state index in [0.29, 0.717) is 13.0 Å². The molecule has 0 spiro atoms. The highest BCUT2D eigenvalue weighted by Crippen LogP contribution is 2.12. The van der Waals surface area contributed by atoms with Crippen molar-refractivity contribution in [2.45, 2.75) is 155 Å². The van der Waals surface area contributed by atoms with Crippen LogP contribution in [0.1, 0.15) is 155 Å². The van der Waals surface area contributed by atoms with Gasteiger partial charge in [0.2, 0.25) is 0 Å². The molecule has 2 nitrogen and oxygen atoms in total. The molecule has 0 bridgehead atoms. The summed E-state index contributed by atoms with van der Waals surface area (Å²) in [5.74, 6) is 0.00393. The SMILES string of the molecule is CC/C=C/C/C=C/C/C=C/CCCCCCCC(=O)OCCCCCCCCCCCCCC. The second-order valence-corrected chi connectivity index (χ2v) is 9.71. The van der Waals surface area contributed by atoms with Crippen molar-refractivity contribution in [1.29, 1.82) is 0 Å². The zero-order valence-electron chi connectivity index (χ0n) is 23.0. The Morgan fingerprint density at radius 3 is 1.59 bits per heavy atom. The molecule has 0 saturated heterocycles. The first kappa shape index (κ1) is 32.7. The zero-order chi connectivity index (χ0) is 24.8. The fourth-order valence-corrected chi connectivity index (χ4v) is 4.09. The van der Waals surface area contributed by atoms with Gasteiger partial charge in [0.25, 0.3) is 0 Å². The van der Waals surface area contributed by atoms with Gasteiger partial charge in [0.05, 0.1) is 6.61 Å². The topological polar surface area (TPSA) is 26.3 Å². The molecule has 34 heavy (non-hydrogen) atoms. The Labute approximate surface area is 213 Å². The van der Waals surface area contributed by atoms with Gasteiger partial charge in [0.1, 0.15) is 0 Å². The fourth-order valence-electron chi connectivity index (χ4n) is 4.09. The first-order valence-electron chi connectivity index (χ1n) is 14.9. The second-order valence-electron chi connectivity index (χ2n) is 9.71. The van der Waals surface area contributed by atoms with Gasteiger partial charge in [-0.3, -0.25) is 4.79 Å². The van der Waals surface area contributed by atoms with Gasteiger partial charge in [-0.15, -0.1) is 0 Å². The van der Waals surface area contributed by atoms with Crippen molar-refractivity contribution in [3.8, 4) is 0 Å². The maximum Gasteiger partial charge on any atom is 0.305 e. The van der Waals surface area contributed by atoms with Crippen LogP contribution in [0.15, 0.2) is 36.5 Å². The summed E-state index contributed by atoms with van der Waals surface area (Å²) in [6.07, 6.45) is 40.4. The van der Waals surface area contributed by atoms with E-state index in [-0.39, 0.29) is 5.97 Å². The summed E-state index contributed by atoms with van der Waals surface area (Å²) in [5, 5.41) is 0. The summed E-state index contributed by atoms with van der Waals surface area (Å²) in [5.41, 5.74) is 0. The largest absolute Gasteiger partial charge is 0.466 e. The van der Waals surface area contributed by atoms with E-state index in [1.807, 2.05) is 0 Å². The summed E-state index contributed by atoms with van der Waals surface area (Å²) < 4.78 is 5.40. The monoisotopic (exact) mass is 474 g/mol. The van der Waals surface area contributed by atoms with Crippen LogP contribution in [0.25, 0.3) is 0 Å². The molecule has 0 saturated carbocycles. The summed E-state index contributed by atoms with van der Waals surface area (Å²) >= 11 is 0. The maximum atomic E-state index is 11.8. The minimum absolute atomic E-state index is 0.00393. The van der Waals surface area contributed by atoms with E-state index in [4.69, 9.17) is 4.74 Å². The average molecular weight is 475 g/mol. The number of carbonyl (C=O) groups is 1. The molecule has 0 aromatic carbocycles. The summed E-state index contributed by atoms with van der Waals surface area (Å²) in [6.45, 7) is 5.06. The molecule has 0 aromatic rings. The molecular weight excluding hydrogens is 416 g/mol. The third-order valence-electron chi connectivity index (χ3n) is 6.29. The number of ether oxygens (including phenoxy) is 1. The van der Waals surface area contributed by atoms with Crippen LogP contribution in [0.3, 0.4) is 0 Å². The second kappa shape index (κ2) is 29.7. The lowest BCUT2D eigenvalue weighted by Crippen LogP contribution is -2.05. The molecule has 198 valence electrons. The lowest BCUT2D eigenvalue weighted by molar-refractivity contribution is -0.143. The number of allylic oxidation sites excluding steroid dienone is 6. The van der Waals surface area contributed by atoms with Gasteiger partial charge in [0.15, 0.2) is 0 Å². The molecule has 0 amide bonds. The van der Waals surface area contributed by atoms with Gasteiger partial charge in [-0.25, -0.2) is 0 Å². The first-order valence-corrected chi connectivity index (χ1v) is 14.9. The quantitative estimate of drug-likeness (QED) is 0.0707. The van der Waals surface area contributed by atoms with E-state index in [0.717, 1.165) is 38.5 Å². The lowest BCUT2D eigenvalue weighted by atomic mass is 10.1. The molecule has 0 N–H and O–H groups in total. The molecule has 0 aromatic heterocycles. The van der Waals surface area contributed by atoms with Crippen molar-refractivity contribution >= 4 is 5.97 Å². The lowest BCUT2D eigenvalue weighted by Gasteiger charge is -2.05. The molecule has 0 heterocycles. The van der Waals surface area contributed by atoms with Crippen LogP contribution in [0.4, 0.5) is 0 Å². The molecule has 0 atom stereocenters. The third kappa shape index (κ3) is 28.7. The Balaban J connectivity index is 3.25. The van der Waals surface area contributed by atoms with Crippen molar-refractivity contribution in [3.63, 3.8) is 0 Å². The third-order valence-corrected chi connectivity index (χ3v) is 6.29. The number of rotatable bonds is 26. The standard InChI is InChI=1S/C32H58O2/c1-3-5-7-9-11-13-15-17-18-19-20-22-24-26-28-30-32(33)34-31-29-27-25-23-21-16-14-12-10-8-6-4-2/h5,7,11,13,17-18H,3-4,6,8-10,12,14-16,19-31H2,1-2H3/b7-5+,13-11+,18-17+. The van der Waals surface area contributed by atoms with Gasteiger partial charge in [-0.2, -0.15) is 0 Å². The van der Waals surface area contributed by atoms with E-state index < -0.39 is 0 Å². The van der Waals surface area contributed by atoms with E-state index in [1.54, 1.807) is 0 Å². The molecule has 0 aliphatic carbocycles. The molecule has 0 aliphatic rings. The molecule has 0 radical (unpaired) electrons. The smallest absolute Gasteiger partial charge is 0.305 e. The summed E-state index contributed by atoms with van der Waals surface area (Å²) in [4.78, 5) is 11.8. The molecule has 0 rings (SSSR count). The van der Waals surface area contributed by atoms with Crippen LogP contribution in [0.2, 0.25) is 0 Å². The van der Waals surface area contributed by atoms with Gasteiger partial charge >= 0.3 is 5.97 Å². The molecule has 2 heteroatoms. The van der Waals surface area contributed by atoms with Crippen molar-refractivity contribution < 1.29 is 9.53 Å². The predicted octanol–water partition coefficient (Wildman–Crippen LogP) is 10.8. The number of unbranched alkanes of at least 4 members (excludes halogenated alkanes) is 16. The number of carbonyl (C=O) groups excluding carboxylic acids is 1. The highest BCUT2D eigenvalue weighted by molar-refractivity contribution is 5.69. The number of hydrogen-bond donors (Lipinski definition) is 0. The predicted molar refractivity (Wildman–Crippen MR) is 151 cm³/mol. The zero-order valence-corrected chi connectivity index (χ0v) is 23.0.